The van der Waals surface area contributed by atoms with Gasteiger partial charge in [0.2, 0.25) is 5.91 Å². The van der Waals surface area contributed by atoms with E-state index in [4.69, 9.17) is 11.6 Å². The molecule has 2 aromatic carbocycles. The van der Waals surface area contributed by atoms with Crippen LogP contribution in [0.2, 0.25) is 5.02 Å². The molecule has 9 heteroatoms. The van der Waals surface area contributed by atoms with Crippen molar-refractivity contribution >= 4 is 46.0 Å². The molecular formula is C19H17ClF2N4OS. The number of carbonyl (C=O) groups excluding carboxylic acids is 1. The molecule has 4 rings (SSSR count). The minimum Gasteiger partial charge on any atom is -0.368 e. The van der Waals surface area contributed by atoms with Crippen LogP contribution in [0.3, 0.4) is 0 Å². The topological polar surface area (TPSA) is 52.2 Å². The lowest BCUT2D eigenvalue weighted by molar-refractivity contribution is -0.128. The lowest BCUT2D eigenvalue weighted by atomic mass is 10.2. The Morgan fingerprint density at radius 1 is 1.14 bits per heavy atom. The highest BCUT2D eigenvalue weighted by atomic mass is 35.5. The number of anilines is 1. The Balaban J connectivity index is 1.32. The number of imidazole rings is 1. The van der Waals surface area contributed by atoms with Gasteiger partial charge in [-0.05, 0) is 18.2 Å². The van der Waals surface area contributed by atoms with E-state index in [0.717, 1.165) is 30.9 Å². The Morgan fingerprint density at radius 2 is 1.89 bits per heavy atom. The second kappa shape index (κ2) is 7.97. The highest BCUT2D eigenvalue weighted by molar-refractivity contribution is 7.99. The van der Waals surface area contributed by atoms with Crippen molar-refractivity contribution in [3.63, 3.8) is 0 Å². The first kappa shape index (κ1) is 19.0. The van der Waals surface area contributed by atoms with Crippen molar-refractivity contribution < 1.29 is 13.6 Å². The Hall–Kier alpha value is -2.32. The van der Waals surface area contributed by atoms with Crippen molar-refractivity contribution in [1.29, 1.82) is 0 Å². The molecule has 0 atom stereocenters. The minimum absolute atomic E-state index is 0.00793. The molecule has 146 valence electrons. The maximum absolute atomic E-state index is 13.3. The molecule has 0 bridgehead atoms. The van der Waals surface area contributed by atoms with Gasteiger partial charge in [0.15, 0.2) is 16.8 Å². The Morgan fingerprint density at radius 3 is 2.64 bits per heavy atom. The van der Waals surface area contributed by atoms with Gasteiger partial charge in [0.25, 0.3) is 0 Å². The molecule has 1 amide bonds. The van der Waals surface area contributed by atoms with Crippen LogP contribution in [-0.4, -0.2) is 52.7 Å². The van der Waals surface area contributed by atoms with Gasteiger partial charge in [0.1, 0.15) is 0 Å². The summed E-state index contributed by atoms with van der Waals surface area (Å²) in [5.41, 5.74) is 1.80. The summed E-state index contributed by atoms with van der Waals surface area (Å²) in [7, 11) is 0. The molecule has 1 fully saturated rings. The summed E-state index contributed by atoms with van der Waals surface area (Å²) in [6.07, 6.45) is 0. The molecule has 1 N–H and O–H groups in total. The number of carbonyl (C=O) groups is 1. The predicted octanol–water partition coefficient (Wildman–Crippen LogP) is 3.94. The van der Waals surface area contributed by atoms with E-state index in [9.17, 15) is 13.6 Å². The van der Waals surface area contributed by atoms with Crippen molar-refractivity contribution in [3.05, 3.63) is 53.1 Å². The van der Waals surface area contributed by atoms with Crippen LogP contribution in [0.5, 0.6) is 0 Å². The fourth-order valence-corrected chi connectivity index (χ4v) is 4.13. The van der Waals surface area contributed by atoms with Crippen molar-refractivity contribution in [1.82, 2.24) is 14.9 Å². The largest absolute Gasteiger partial charge is 0.368 e. The number of rotatable bonds is 4. The molecule has 1 aromatic heterocycles. The normalized spacial score (nSPS) is 14.7. The number of hydrogen-bond acceptors (Lipinski definition) is 4. The van der Waals surface area contributed by atoms with Gasteiger partial charge in [-0.1, -0.05) is 29.4 Å². The van der Waals surface area contributed by atoms with E-state index < -0.39 is 11.6 Å². The van der Waals surface area contributed by atoms with Gasteiger partial charge < -0.3 is 14.8 Å². The zero-order chi connectivity index (χ0) is 19.7. The van der Waals surface area contributed by atoms with E-state index in [-0.39, 0.29) is 11.7 Å². The molecule has 5 nitrogen and oxygen atoms in total. The van der Waals surface area contributed by atoms with E-state index >= 15 is 0 Å². The summed E-state index contributed by atoms with van der Waals surface area (Å²) in [5.74, 6) is -1.65. The molecule has 0 aliphatic carbocycles. The summed E-state index contributed by atoms with van der Waals surface area (Å²) in [4.78, 5) is 23.6. The SMILES string of the molecule is O=C(CSc1nc2cc(F)c(F)cc2[nH]1)N1CCN(c2cccc(Cl)c2)CC1. The summed E-state index contributed by atoms with van der Waals surface area (Å²) < 4.78 is 26.6. The first-order chi connectivity index (χ1) is 13.5. The van der Waals surface area contributed by atoms with E-state index in [1.165, 1.54) is 11.8 Å². The number of nitrogens with zero attached hydrogens (tertiary/aromatic N) is 3. The number of halogens is 3. The lowest BCUT2D eigenvalue weighted by Gasteiger charge is -2.36. The average Bonchev–Trinajstić information content (AvgIpc) is 3.08. The summed E-state index contributed by atoms with van der Waals surface area (Å²) in [6, 6.07) is 9.79. The monoisotopic (exact) mass is 422 g/mol. The Kier molecular flexibility index (Phi) is 5.41. The Labute approximate surface area is 169 Å². The van der Waals surface area contributed by atoms with Crippen LogP contribution < -0.4 is 4.90 Å². The number of aromatic amines is 1. The Bertz CT molecular complexity index is 981. The number of piperazine rings is 1. The number of thioether (sulfide) groups is 1. The molecule has 1 aliphatic heterocycles. The molecule has 28 heavy (non-hydrogen) atoms. The molecule has 0 unspecified atom stereocenters. The third kappa shape index (κ3) is 4.07. The molecule has 1 saturated heterocycles. The van der Waals surface area contributed by atoms with Crippen LogP contribution in [0.15, 0.2) is 41.6 Å². The second-order valence-electron chi connectivity index (χ2n) is 6.46. The molecule has 0 radical (unpaired) electrons. The summed E-state index contributed by atoms with van der Waals surface area (Å²) in [6.45, 7) is 2.73. The number of aromatic nitrogens is 2. The maximum atomic E-state index is 13.3. The van der Waals surface area contributed by atoms with Crippen LogP contribution >= 0.6 is 23.4 Å². The molecular weight excluding hydrogens is 406 g/mol. The first-order valence-corrected chi connectivity index (χ1v) is 10.1. The summed E-state index contributed by atoms with van der Waals surface area (Å²) >= 11 is 7.27. The first-order valence-electron chi connectivity index (χ1n) is 8.75. The maximum Gasteiger partial charge on any atom is 0.233 e. The van der Waals surface area contributed by atoms with Crippen molar-refractivity contribution in [3.8, 4) is 0 Å². The predicted molar refractivity (Wildman–Crippen MR) is 107 cm³/mol. The van der Waals surface area contributed by atoms with Gasteiger partial charge in [-0.15, -0.1) is 0 Å². The number of hydrogen-bond donors (Lipinski definition) is 1. The van der Waals surface area contributed by atoms with Crippen molar-refractivity contribution in [2.75, 3.05) is 36.8 Å². The van der Waals surface area contributed by atoms with E-state index in [2.05, 4.69) is 14.9 Å². The third-order valence-electron chi connectivity index (χ3n) is 4.64. The van der Waals surface area contributed by atoms with Crippen molar-refractivity contribution in [2.24, 2.45) is 0 Å². The van der Waals surface area contributed by atoms with Gasteiger partial charge in [-0.3, -0.25) is 4.79 Å². The molecule has 3 aromatic rings. The van der Waals surface area contributed by atoms with Gasteiger partial charge in [-0.2, -0.15) is 0 Å². The molecule has 0 spiro atoms. The zero-order valence-corrected chi connectivity index (χ0v) is 16.4. The standard InChI is InChI=1S/C19H17ClF2N4OS/c20-12-2-1-3-13(8-12)25-4-6-26(7-5-25)18(27)11-28-19-23-16-9-14(21)15(22)10-17(16)24-19/h1-3,8-10H,4-7,11H2,(H,23,24). The van der Waals surface area contributed by atoms with E-state index in [0.29, 0.717) is 34.3 Å². The van der Waals surface area contributed by atoms with Crippen LogP contribution in [0, 0.1) is 11.6 Å². The van der Waals surface area contributed by atoms with Crippen LogP contribution in [-0.2, 0) is 4.79 Å². The molecule has 1 aliphatic rings. The van der Waals surface area contributed by atoms with Gasteiger partial charge in [0, 0.05) is 49.0 Å². The minimum atomic E-state index is -0.941. The van der Waals surface area contributed by atoms with Crippen LogP contribution in [0.1, 0.15) is 0 Å². The fourth-order valence-electron chi connectivity index (χ4n) is 3.16. The van der Waals surface area contributed by atoms with E-state index in [1.807, 2.05) is 29.2 Å². The van der Waals surface area contributed by atoms with Crippen molar-refractivity contribution in [2.45, 2.75) is 5.16 Å². The number of fused-ring (bicyclic) bond motifs is 1. The fraction of sp³-hybridized carbons (Fsp3) is 0.263. The zero-order valence-electron chi connectivity index (χ0n) is 14.8. The lowest BCUT2D eigenvalue weighted by Crippen LogP contribution is -2.49. The van der Waals surface area contributed by atoms with Crippen LogP contribution in [0.25, 0.3) is 11.0 Å². The number of nitrogens with one attached hydrogen (secondary N) is 1. The van der Waals surface area contributed by atoms with Gasteiger partial charge >= 0.3 is 0 Å². The highest BCUT2D eigenvalue weighted by Crippen LogP contribution is 2.23. The van der Waals surface area contributed by atoms with Crippen LogP contribution in [0.4, 0.5) is 14.5 Å². The van der Waals surface area contributed by atoms with Gasteiger partial charge in [0.05, 0.1) is 16.8 Å². The number of amides is 1. The molecule has 2 heterocycles. The number of H-pyrrole nitrogens is 1. The molecule has 0 saturated carbocycles. The summed E-state index contributed by atoms with van der Waals surface area (Å²) in [5, 5.41) is 1.16. The highest BCUT2D eigenvalue weighted by Gasteiger charge is 2.22. The quantitative estimate of drug-likeness (QED) is 0.647. The van der Waals surface area contributed by atoms with E-state index in [1.54, 1.807) is 0 Å². The second-order valence-corrected chi connectivity index (χ2v) is 7.86. The third-order valence-corrected chi connectivity index (χ3v) is 5.73. The number of benzene rings is 2. The smallest absolute Gasteiger partial charge is 0.233 e. The average molecular weight is 423 g/mol. The van der Waals surface area contributed by atoms with Gasteiger partial charge in [-0.25, -0.2) is 13.8 Å².